The summed E-state index contributed by atoms with van der Waals surface area (Å²) in [5.41, 5.74) is 1.24. The Labute approximate surface area is 104 Å². The zero-order valence-corrected chi connectivity index (χ0v) is 10.0. The summed E-state index contributed by atoms with van der Waals surface area (Å²) in [4.78, 5) is 16.0. The summed E-state index contributed by atoms with van der Waals surface area (Å²) in [6.07, 6.45) is 5.54. The van der Waals surface area contributed by atoms with Gasteiger partial charge in [-0.25, -0.2) is 0 Å². The Morgan fingerprint density at radius 1 is 1.44 bits per heavy atom. The lowest BCUT2D eigenvalue weighted by atomic mass is 10.2. The number of aromatic nitrogens is 2. The van der Waals surface area contributed by atoms with E-state index in [2.05, 4.69) is 32.2 Å². The smallest absolute Gasteiger partial charge is 0.260 e. The molecule has 18 heavy (non-hydrogen) atoms. The lowest BCUT2D eigenvalue weighted by molar-refractivity contribution is 0.102. The van der Waals surface area contributed by atoms with Crippen LogP contribution in [0.2, 0.25) is 0 Å². The second kappa shape index (κ2) is 5.81. The van der Waals surface area contributed by atoms with Gasteiger partial charge in [-0.1, -0.05) is 12.1 Å². The predicted molar refractivity (Wildman–Crippen MR) is 67.5 cm³/mol. The molecule has 0 fully saturated rings. The van der Waals surface area contributed by atoms with Crippen molar-refractivity contribution in [3.8, 4) is 0 Å². The van der Waals surface area contributed by atoms with Gasteiger partial charge in [-0.05, 0) is 12.5 Å². The average Bonchev–Trinajstić information content (AvgIpc) is 2.89. The van der Waals surface area contributed by atoms with Gasteiger partial charge >= 0.3 is 0 Å². The number of nitrogens with one attached hydrogen (secondary N) is 2. The summed E-state index contributed by atoms with van der Waals surface area (Å²) in [5.74, 6) is 0.112. The number of carbonyl (C=O) groups excluding carboxylic acids is 1. The van der Waals surface area contributed by atoms with Crippen LogP contribution in [0.15, 0.2) is 35.3 Å². The third-order valence-electron chi connectivity index (χ3n) is 2.31. The maximum absolute atomic E-state index is 12.0. The van der Waals surface area contributed by atoms with Gasteiger partial charge in [0.2, 0.25) is 0 Å². The first kappa shape index (κ1) is 12.1. The van der Waals surface area contributed by atoms with E-state index in [0.29, 0.717) is 11.4 Å². The molecule has 0 saturated heterocycles. The van der Waals surface area contributed by atoms with Crippen LogP contribution in [0, 0.1) is 0 Å². The first-order chi connectivity index (χ1) is 8.81. The molecule has 0 aliphatic rings. The molecule has 0 unspecified atom stereocenters. The van der Waals surface area contributed by atoms with E-state index >= 15 is 0 Å². The average molecular weight is 246 g/mol. The normalized spacial score (nSPS) is 10.1. The highest BCUT2D eigenvalue weighted by Crippen LogP contribution is 2.15. The summed E-state index contributed by atoms with van der Waals surface area (Å²) in [6.45, 7) is 2.86. The van der Waals surface area contributed by atoms with E-state index in [4.69, 9.17) is 0 Å². The number of hydrogen-bond acceptors (Lipinski definition) is 5. The molecule has 2 aromatic rings. The fraction of sp³-hybridized carbons (Fsp3) is 0.250. The molecular formula is C12H14N4O2. The third-order valence-corrected chi connectivity index (χ3v) is 2.31. The van der Waals surface area contributed by atoms with Crippen LogP contribution in [0.5, 0.6) is 0 Å². The Balaban J connectivity index is 2.13. The van der Waals surface area contributed by atoms with E-state index in [-0.39, 0.29) is 5.91 Å². The van der Waals surface area contributed by atoms with Crippen molar-refractivity contribution in [1.82, 2.24) is 10.1 Å². The van der Waals surface area contributed by atoms with Crippen LogP contribution in [0.4, 0.5) is 11.5 Å². The second-order valence-electron chi connectivity index (χ2n) is 3.69. The number of anilines is 2. The van der Waals surface area contributed by atoms with E-state index in [1.165, 1.54) is 12.5 Å². The highest BCUT2D eigenvalue weighted by Gasteiger charge is 2.12. The molecule has 0 aliphatic heterocycles. The fourth-order valence-corrected chi connectivity index (χ4v) is 1.45. The quantitative estimate of drug-likeness (QED) is 0.844. The minimum atomic E-state index is -0.268. The van der Waals surface area contributed by atoms with Crippen molar-refractivity contribution in [2.45, 2.75) is 13.3 Å². The summed E-state index contributed by atoms with van der Waals surface area (Å²) >= 11 is 0. The topological polar surface area (TPSA) is 80.0 Å². The number of carbonyl (C=O) groups is 1. The SMILES string of the molecule is CCCNc1ccncc1C(=O)Nc1ccon1. The maximum Gasteiger partial charge on any atom is 0.260 e. The van der Waals surface area contributed by atoms with Gasteiger partial charge in [-0.3, -0.25) is 9.78 Å². The predicted octanol–water partition coefficient (Wildman–Crippen LogP) is 2.14. The van der Waals surface area contributed by atoms with Crippen LogP contribution < -0.4 is 10.6 Å². The molecule has 6 nitrogen and oxygen atoms in total. The zero-order chi connectivity index (χ0) is 12.8. The first-order valence-corrected chi connectivity index (χ1v) is 5.71. The molecule has 0 spiro atoms. The Bertz CT molecular complexity index is 511. The van der Waals surface area contributed by atoms with E-state index in [9.17, 15) is 4.79 Å². The molecular weight excluding hydrogens is 232 g/mol. The minimum Gasteiger partial charge on any atom is -0.384 e. The lowest BCUT2D eigenvalue weighted by Gasteiger charge is -2.09. The van der Waals surface area contributed by atoms with Crippen molar-refractivity contribution in [2.24, 2.45) is 0 Å². The monoisotopic (exact) mass is 246 g/mol. The van der Waals surface area contributed by atoms with Gasteiger partial charge in [0.15, 0.2) is 5.82 Å². The Morgan fingerprint density at radius 3 is 3.06 bits per heavy atom. The zero-order valence-electron chi connectivity index (χ0n) is 10.0. The van der Waals surface area contributed by atoms with Gasteiger partial charge in [0.05, 0.1) is 11.3 Å². The van der Waals surface area contributed by atoms with Crippen LogP contribution in [-0.4, -0.2) is 22.6 Å². The summed E-state index contributed by atoms with van der Waals surface area (Å²) in [5, 5.41) is 9.44. The summed E-state index contributed by atoms with van der Waals surface area (Å²) in [6, 6.07) is 3.35. The molecule has 0 radical (unpaired) electrons. The summed E-state index contributed by atoms with van der Waals surface area (Å²) in [7, 11) is 0. The summed E-state index contributed by atoms with van der Waals surface area (Å²) < 4.78 is 4.65. The molecule has 0 aliphatic carbocycles. The Morgan fingerprint density at radius 2 is 2.33 bits per heavy atom. The van der Waals surface area contributed by atoms with Crippen molar-refractivity contribution >= 4 is 17.4 Å². The van der Waals surface area contributed by atoms with Crippen LogP contribution >= 0.6 is 0 Å². The van der Waals surface area contributed by atoms with Gasteiger partial charge in [-0.2, -0.15) is 0 Å². The highest BCUT2D eigenvalue weighted by molar-refractivity contribution is 6.07. The van der Waals surface area contributed by atoms with Crippen molar-refractivity contribution in [1.29, 1.82) is 0 Å². The van der Waals surface area contributed by atoms with Gasteiger partial charge in [0, 0.05) is 25.0 Å². The molecule has 94 valence electrons. The first-order valence-electron chi connectivity index (χ1n) is 5.71. The van der Waals surface area contributed by atoms with E-state index in [1.54, 1.807) is 18.3 Å². The molecule has 0 aromatic carbocycles. The van der Waals surface area contributed by atoms with Crippen LogP contribution in [-0.2, 0) is 0 Å². The van der Waals surface area contributed by atoms with Crippen LogP contribution in [0.25, 0.3) is 0 Å². The number of rotatable bonds is 5. The van der Waals surface area contributed by atoms with Gasteiger partial charge in [0.25, 0.3) is 5.91 Å². The van der Waals surface area contributed by atoms with E-state index < -0.39 is 0 Å². The van der Waals surface area contributed by atoms with Crippen molar-refractivity contribution in [2.75, 3.05) is 17.2 Å². The molecule has 2 heterocycles. The molecule has 2 N–H and O–H groups in total. The standard InChI is InChI=1S/C12H14N4O2/c1-2-5-14-10-3-6-13-8-9(10)12(17)15-11-4-7-18-16-11/h3-4,6-8H,2,5H2,1H3,(H,13,14)(H,15,16,17). The maximum atomic E-state index is 12.0. The Hall–Kier alpha value is -2.37. The van der Waals surface area contributed by atoms with Crippen molar-refractivity contribution < 1.29 is 9.32 Å². The molecule has 6 heteroatoms. The molecule has 1 amide bonds. The van der Waals surface area contributed by atoms with Gasteiger partial charge in [-0.15, -0.1) is 0 Å². The molecule has 0 saturated carbocycles. The molecule has 0 atom stereocenters. The number of nitrogens with zero attached hydrogens (tertiary/aromatic N) is 2. The van der Waals surface area contributed by atoms with E-state index in [0.717, 1.165) is 18.7 Å². The van der Waals surface area contributed by atoms with Crippen LogP contribution in [0.1, 0.15) is 23.7 Å². The molecule has 2 rings (SSSR count). The minimum absolute atomic E-state index is 0.268. The van der Waals surface area contributed by atoms with Gasteiger partial charge < -0.3 is 15.2 Å². The number of hydrogen-bond donors (Lipinski definition) is 2. The third kappa shape index (κ3) is 2.85. The number of pyridine rings is 1. The Kier molecular flexibility index (Phi) is 3.90. The fourth-order valence-electron chi connectivity index (χ4n) is 1.45. The molecule has 0 bridgehead atoms. The van der Waals surface area contributed by atoms with Crippen molar-refractivity contribution in [3.63, 3.8) is 0 Å². The second-order valence-corrected chi connectivity index (χ2v) is 3.69. The largest absolute Gasteiger partial charge is 0.384 e. The van der Waals surface area contributed by atoms with Crippen LogP contribution in [0.3, 0.4) is 0 Å². The number of amides is 1. The highest BCUT2D eigenvalue weighted by atomic mass is 16.5. The van der Waals surface area contributed by atoms with E-state index in [1.807, 2.05) is 0 Å². The van der Waals surface area contributed by atoms with Crippen molar-refractivity contribution in [3.05, 3.63) is 36.4 Å². The molecule has 2 aromatic heterocycles. The lowest BCUT2D eigenvalue weighted by Crippen LogP contribution is -2.15. The van der Waals surface area contributed by atoms with Gasteiger partial charge in [0.1, 0.15) is 6.26 Å².